The van der Waals surface area contributed by atoms with Crippen LogP contribution in [0.3, 0.4) is 0 Å². The minimum atomic E-state index is -0.883. The molecule has 0 saturated carbocycles. The Hall–Kier alpha value is -3.12. The Bertz CT molecular complexity index is 967. The lowest BCUT2D eigenvalue weighted by atomic mass is 10.0. The second-order valence-corrected chi connectivity index (χ2v) is 5.64. The van der Waals surface area contributed by atoms with E-state index in [0.29, 0.717) is 22.5 Å². The van der Waals surface area contributed by atoms with Crippen molar-refractivity contribution in [2.45, 2.75) is 0 Å². The first-order chi connectivity index (χ1) is 12.1. The Balaban J connectivity index is 1.88. The molecule has 0 bridgehead atoms. The summed E-state index contributed by atoms with van der Waals surface area (Å²) in [5.74, 6) is -0.915. The van der Waals surface area contributed by atoms with Gasteiger partial charge >= 0.3 is 6.09 Å². The van der Waals surface area contributed by atoms with Crippen LogP contribution in [0.15, 0.2) is 54.2 Å². The van der Waals surface area contributed by atoms with Crippen molar-refractivity contribution in [1.29, 1.82) is 0 Å². The third kappa shape index (κ3) is 2.22. The van der Waals surface area contributed by atoms with Gasteiger partial charge in [0.15, 0.2) is 6.07 Å². The molecule has 7 heteroatoms. The molecule has 0 spiro atoms. The Morgan fingerprint density at radius 2 is 1.72 bits per heavy atom. The zero-order valence-electron chi connectivity index (χ0n) is 12.8. The molecule has 25 heavy (non-hydrogen) atoms. The van der Waals surface area contributed by atoms with Crippen LogP contribution in [0.25, 0.3) is 5.57 Å². The molecule has 2 aromatic carbocycles. The average Bonchev–Trinajstić information content (AvgIpc) is 3.09. The zero-order chi connectivity index (χ0) is 17.6. The first-order valence-electron chi connectivity index (χ1n) is 7.45. The van der Waals surface area contributed by atoms with Crippen molar-refractivity contribution < 1.29 is 19.1 Å². The van der Waals surface area contributed by atoms with E-state index < -0.39 is 12.0 Å². The SMILES string of the molecule is O=C1/C(=C2/C(=O)N(C(=O)OCCl)c3ccccc32)Nc2ccccc21. The third-order valence-corrected chi connectivity index (χ3v) is 4.21. The summed E-state index contributed by atoms with van der Waals surface area (Å²) in [4.78, 5) is 38.6. The third-order valence-electron chi connectivity index (χ3n) is 4.10. The predicted octanol–water partition coefficient (Wildman–Crippen LogP) is 3.39. The molecule has 2 amide bonds. The van der Waals surface area contributed by atoms with Crippen molar-refractivity contribution in [3.63, 3.8) is 0 Å². The number of imide groups is 1. The van der Waals surface area contributed by atoms with Crippen molar-refractivity contribution in [1.82, 2.24) is 0 Å². The summed E-state index contributed by atoms with van der Waals surface area (Å²) in [5, 5.41) is 2.99. The quantitative estimate of drug-likeness (QED) is 0.627. The largest absolute Gasteiger partial charge is 0.432 e. The molecule has 0 fully saturated rings. The molecule has 6 nitrogen and oxygen atoms in total. The van der Waals surface area contributed by atoms with Gasteiger partial charge in [0.1, 0.15) is 5.70 Å². The van der Waals surface area contributed by atoms with Crippen LogP contribution in [0.1, 0.15) is 15.9 Å². The van der Waals surface area contributed by atoms with Crippen LogP contribution in [-0.4, -0.2) is 23.8 Å². The number of rotatable bonds is 1. The summed E-state index contributed by atoms with van der Waals surface area (Å²) in [5.41, 5.74) is 2.25. The molecule has 124 valence electrons. The molecule has 0 aromatic heterocycles. The van der Waals surface area contributed by atoms with Crippen molar-refractivity contribution in [3.8, 4) is 0 Å². The molecular formula is C18H11ClN2O4. The van der Waals surface area contributed by atoms with E-state index in [4.69, 9.17) is 16.3 Å². The minimum absolute atomic E-state index is 0.142. The van der Waals surface area contributed by atoms with Crippen molar-refractivity contribution in [3.05, 3.63) is 65.4 Å². The van der Waals surface area contributed by atoms with E-state index in [1.807, 2.05) is 0 Å². The van der Waals surface area contributed by atoms with E-state index in [1.54, 1.807) is 48.5 Å². The number of hydrogen-bond acceptors (Lipinski definition) is 5. The van der Waals surface area contributed by atoms with Crippen molar-refractivity contribution in [2.75, 3.05) is 16.3 Å². The Labute approximate surface area is 147 Å². The second-order valence-electron chi connectivity index (χ2n) is 5.43. The number of anilines is 2. The van der Waals surface area contributed by atoms with Gasteiger partial charge in [0.2, 0.25) is 5.78 Å². The van der Waals surface area contributed by atoms with E-state index >= 15 is 0 Å². The topological polar surface area (TPSA) is 75.7 Å². The van der Waals surface area contributed by atoms with Crippen LogP contribution in [0.2, 0.25) is 0 Å². The van der Waals surface area contributed by atoms with E-state index in [0.717, 1.165) is 4.90 Å². The summed E-state index contributed by atoms with van der Waals surface area (Å²) >= 11 is 5.44. The van der Waals surface area contributed by atoms with Crippen LogP contribution < -0.4 is 10.2 Å². The second kappa shape index (κ2) is 5.75. The molecule has 4 rings (SSSR count). The summed E-state index contributed by atoms with van der Waals surface area (Å²) in [7, 11) is 0. The number of allylic oxidation sites excluding steroid dienone is 1. The fraction of sp³-hybridized carbons (Fsp3) is 0.0556. The molecule has 0 unspecified atom stereocenters. The molecule has 0 radical (unpaired) electrons. The fourth-order valence-corrected chi connectivity index (χ4v) is 3.14. The number of ketones is 1. The Kier molecular flexibility index (Phi) is 3.54. The highest BCUT2D eigenvalue weighted by Crippen LogP contribution is 2.41. The van der Waals surface area contributed by atoms with Crippen LogP contribution in [0.5, 0.6) is 0 Å². The molecule has 1 N–H and O–H groups in total. The summed E-state index contributed by atoms with van der Waals surface area (Å²) in [6.07, 6.45) is -0.883. The molecule has 0 atom stereocenters. The van der Waals surface area contributed by atoms with Crippen molar-refractivity contribution in [2.24, 2.45) is 0 Å². The summed E-state index contributed by atoms with van der Waals surface area (Å²) in [6.45, 7) is 0. The molecule has 0 aliphatic carbocycles. The van der Waals surface area contributed by atoms with Crippen LogP contribution in [-0.2, 0) is 9.53 Å². The number of para-hydroxylation sites is 2. The number of alkyl halides is 1. The highest BCUT2D eigenvalue weighted by Gasteiger charge is 2.42. The first-order valence-corrected chi connectivity index (χ1v) is 7.98. The Morgan fingerprint density at radius 3 is 2.44 bits per heavy atom. The van der Waals surface area contributed by atoms with Crippen molar-refractivity contribution >= 4 is 46.3 Å². The van der Waals surface area contributed by atoms with Gasteiger partial charge in [-0.1, -0.05) is 41.9 Å². The molecule has 2 aromatic rings. The van der Waals surface area contributed by atoms with E-state index in [1.165, 1.54) is 0 Å². The predicted molar refractivity (Wildman–Crippen MR) is 92.4 cm³/mol. The molecular weight excluding hydrogens is 344 g/mol. The lowest BCUT2D eigenvalue weighted by Gasteiger charge is -2.13. The number of carbonyl (C=O) groups is 3. The normalized spacial score (nSPS) is 18.0. The van der Waals surface area contributed by atoms with Gasteiger partial charge in [0, 0.05) is 16.8 Å². The van der Waals surface area contributed by atoms with E-state index in [-0.39, 0.29) is 23.1 Å². The fourth-order valence-electron chi connectivity index (χ4n) is 3.04. The first kappa shape index (κ1) is 15.4. The van der Waals surface area contributed by atoms with Gasteiger partial charge in [-0.25, -0.2) is 9.69 Å². The summed E-state index contributed by atoms with van der Waals surface area (Å²) in [6, 6.07) is 13.3. The standard InChI is InChI=1S/C18H11ClN2O4/c19-9-25-18(24)21-13-8-4-2-6-11(13)14(17(21)23)15-16(22)10-5-1-3-7-12(10)20-15/h1-8,20H,9H2/b15-14-. The molecule has 2 aliphatic rings. The Morgan fingerprint density at radius 1 is 1.04 bits per heavy atom. The maximum Gasteiger partial charge on any atom is 0.422 e. The number of Topliss-reactive ketones (excluding diaryl/α,β-unsaturated/α-hetero) is 1. The molecule has 2 aliphatic heterocycles. The maximum atomic E-state index is 12.9. The number of nitrogens with zero attached hydrogens (tertiary/aromatic N) is 1. The number of carbonyl (C=O) groups excluding carboxylic acids is 3. The number of nitrogens with one attached hydrogen (secondary N) is 1. The highest BCUT2D eigenvalue weighted by molar-refractivity contribution is 6.43. The van der Waals surface area contributed by atoms with Gasteiger partial charge < -0.3 is 10.1 Å². The number of ether oxygens (including phenoxy) is 1. The van der Waals surface area contributed by atoms with Gasteiger partial charge in [-0.2, -0.15) is 0 Å². The number of halogens is 1. The monoisotopic (exact) mass is 354 g/mol. The van der Waals surface area contributed by atoms with Crippen LogP contribution >= 0.6 is 11.6 Å². The van der Waals surface area contributed by atoms with Gasteiger partial charge in [0.25, 0.3) is 5.91 Å². The van der Waals surface area contributed by atoms with Gasteiger partial charge in [0.05, 0.1) is 11.3 Å². The zero-order valence-corrected chi connectivity index (χ0v) is 13.5. The van der Waals surface area contributed by atoms with E-state index in [2.05, 4.69) is 5.32 Å². The van der Waals surface area contributed by atoms with E-state index in [9.17, 15) is 14.4 Å². The molecule has 0 saturated heterocycles. The number of amides is 2. The number of fused-ring (bicyclic) bond motifs is 2. The highest BCUT2D eigenvalue weighted by atomic mass is 35.5. The van der Waals surface area contributed by atoms with Gasteiger partial charge in [-0.05, 0) is 18.2 Å². The van der Waals surface area contributed by atoms with Gasteiger partial charge in [-0.15, -0.1) is 0 Å². The minimum Gasteiger partial charge on any atom is -0.432 e. The smallest absolute Gasteiger partial charge is 0.422 e. The van der Waals surface area contributed by atoms with Gasteiger partial charge in [-0.3, -0.25) is 9.59 Å². The molecule has 2 heterocycles. The lowest BCUT2D eigenvalue weighted by Crippen LogP contribution is -2.34. The lowest BCUT2D eigenvalue weighted by molar-refractivity contribution is -0.112. The van der Waals surface area contributed by atoms with Crippen LogP contribution in [0.4, 0.5) is 16.2 Å². The number of hydrogen-bond donors (Lipinski definition) is 1. The maximum absolute atomic E-state index is 12.9. The summed E-state index contributed by atoms with van der Waals surface area (Å²) < 4.78 is 4.76. The van der Waals surface area contributed by atoms with Crippen LogP contribution in [0, 0.1) is 0 Å². The number of benzene rings is 2. The average molecular weight is 355 g/mol.